The van der Waals surface area contributed by atoms with Gasteiger partial charge < -0.3 is 4.74 Å². The lowest BCUT2D eigenvalue weighted by Crippen LogP contribution is -2.45. The molecule has 0 fully saturated rings. The normalized spacial score (nSPS) is 13.9. The van der Waals surface area contributed by atoms with E-state index in [0.717, 1.165) is 0 Å². The van der Waals surface area contributed by atoms with Crippen LogP contribution in [-0.2, 0) is 0 Å². The van der Waals surface area contributed by atoms with Crippen molar-refractivity contribution in [3.8, 4) is 11.8 Å². The van der Waals surface area contributed by atoms with Crippen LogP contribution in [0.1, 0.15) is 32.8 Å². The molecule has 1 aromatic rings. The Morgan fingerprint density at radius 2 is 2.16 bits per heavy atom. The average Bonchev–Trinajstić information content (AvgIpc) is 2.33. The van der Waals surface area contributed by atoms with Gasteiger partial charge in [0.2, 0.25) is 0 Å². The number of hydrogen-bond donors (Lipinski definition) is 1. The van der Waals surface area contributed by atoms with Crippen LogP contribution in [-0.4, -0.2) is 18.2 Å². The lowest BCUT2D eigenvalue weighted by molar-refractivity contribution is 0.259. The number of nitrogens with one attached hydrogen (secondary N) is 1. The molecule has 1 aromatic carbocycles. The molecule has 0 bridgehead atoms. The highest BCUT2D eigenvalue weighted by Gasteiger charge is 2.24. The Morgan fingerprint density at radius 3 is 2.68 bits per heavy atom. The summed E-state index contributed by atoms with van der Waals surface area (Å²) in [5.74, 6) is 0.388. The van der Waals surface area contributed by atoms with E-state index in [4.69, 9.17) is 4.74 Å². The van der Waals surface area contributed by atoms with Gasteiger partial charge in [0.25, 0.3) is 0 Å². The van der Waals surface area contributed by atoms with Crippen LogP contribution in [0.3, 0.4) is 0 Å². The predicted molar refractivity (Wildman–Crippen MR) is 73.5 cm³/mol. The SMILES string of the molecule is Cc1cc(OCCC(C)(C#N)NC(C)C)ccc1F. The molecule has 0 saturated heterocycles. The summed E-state index contributed by atoms with van der Waals surface area (Å²) in [5, 5.41) is 12.4. The lowest BCUT2D eigenvalue weighted by atomic mass is 9.99. The molecule has 1 rings (SSSR count). The van der Waals surface area contributed by atoms with Crippen LogP contribution in [0.25, 0.3) is 0 Å². The largest absolute Gasteiger partial charge is 0.493 e. The van der Waals surface area contributed by atoms with Crippen molar-refractivity contribution in [1.29, 1.82) is 5.26 Å². The first-order valence-electron chi connectivity index (χ1n) is 6.44. The number of hydrogen-bond acceptors (Lipinski definition) is 3. The molecule has 0 aliphatic carbocycles. The van der Waals surface area contributed by atoms with E-state index in [1.165, 1.54) is 6.07 Å². The van der Waals surface area contributed by atoms with Crippen molar-refractivity contribution >= 4 is 0 Å². The Kier molecular flexibility index (Phi) is 5.31. The van der Waals surface area contributed by atoms with Crippen molar-refractivity contribution in [2.24, 2.45) is 0 Å². The van der Waals surface area contributed by atoms with Gasteiger partial charge in [-0.2, -0.15) is 5.26 Å². The van der Waals surface area contributed by atoms with Crippen LogP contribution in [0.2, 0.25) is 0 Å². The van der Waals surface area contributed by atoms with Crippen LogP contribution in [0, 0.1) is 24.1 Å². The molecule has 0 aliphatic heterocycles. The molecule has 1 atom stereocenters. The van der Waals surface area contributed by atoms with Crippen molar-refractivity contribution in [2.75, 3.05) is 6.61 Å². The van der Waals surface area contributed by atoms with Gasteiger partial charge in [-0.1, -0.05) is 0 Å². The van der Waals surface area contributed by atoms with Gasteiger partial charge in [0.05, 0.1) is 12.7 Å². The summed E-state index contributed by atoms with van der Waals surface area (Å²) < 4.78 is 18.7. The maximum Gasteiger partial charge on any atom is 0.126 e. The van der Waals surface area contributed by atoms with Crippen LogP contribution < -0.4 is 10.1 Å². The Bertz CT molecular complexity index is 468. The molecular weight excluding hydrogens is 243 g/mol. The fourth-order valence-electron chi connectivity index (χ4n) is 1.88. The van der Waals surface area contributed by atoms with Crippen molar-refractivity contribution in [2.45, 2.75) is 45.7 Å². The van der Waals surface area contributed by atoms with Crippen LogP contribution in [0.5, 0.6) is 5.75 Å². The Morgan fingerprint density at radius 1 is 1.47 bits per heavy atom. The van der Waals surface area contributed by atoms with Crippen LogP contribution in [0.15, 0.2) is 18.2 Å². The molecule has 0 aromatic heterocycles. The molecule has 104 valence electrons. The van der Waals surface area contributed by atoms with Crippen LogP contribution >= 0.6 is 0 Å². The van der Waals surface area contributed by atoms with Gasteiger partial charge in [0, 0.05) is 12.5 Å². The van der Waals surface area contributed by atoms with Crippen molar-refractivity contribution in [1.82, 2.24) is 5.32 Å². The molecule has 1 unspecified atom stereocenters. The molecule has 0 aliphatic rings. The highest BCUT2D eigenvalue weighted by Crippen LogP contribution is 2.17. The summed E-state index contributed by atoms with van der Waals surface area (Å²) in [4.78, 5) is 0. The highest BCUT2D eigenvalue weighted by atomic mass is 19.1. The Labute approximate surface area is 114 Å². The second-order valence-electron chi connectivity index (χ2n) is 5.25. The number of nitrogens with zero attached hydrogens (tertiary/aromatic N) is 1. The summed E-state index contributed by atoms with van der Waals surface area (Å²) in [6.45, 7) is 7.96. The third kappa shape index (κ3) is 4.88. The van der Waals surface area contributed by atoms with E-state index in [-0.39, 0.29) is 11.9 Å². The smallest absolute Gasteiger partial charge is 0.126 e. The summed E-state index contributed by atoms with van der Waals surface area (Å²) >= 11 is 0. The van der Waals surface area contributed by atoms with Crippen molar-refractivity contribution < 1.29 is 9.13 Å². The summed E-state index contributed by atoms with van der Waals surface area (Å²) in [6, 6.07) is 7.15. The zero-order valence-electron chi connectivity index (χ0n) is 12.0. The number of rotatable bonds is 6. The zero-order valence-corrected chi connectivity index (χ0v) is 12.0. The molecule has 4 heteroatoms. The minimum absolute atomic E-state index is 0.234. The monoisotopic (exact) mass is 264 g/mol. The quantitative estimate of drug-likeness (QED) is 0.858. The fraction of sp³-hybridized carbons (Fsp3) is 0.533. The molecule has 0 saturated carbocycles. The number of aryl methyl sites for hydroxylation is 1. The number of benzene rings is 1. The minimum Gasteiger partial charge on any atom is -0.493 e. The van der Waals surface area contributed by atoms with E-state index in [2.05, 4.69) is 11.4 Å². The molecule has 1 N–H and O–H groups in total. The maximum atomic E-state index is 13.1. The van der Waals surface area contributed by atoms with E-state index >= 15 is 0 Å². The van der Waals surface area contributed by atoms with Gasteiger partial charge in [-0.05, 0) is 51.5 Å². The van der Waals surface area contributed by atoms with E-state index in [0.29, 0.717) is 24.3 Å². The summed E-state index contributed by atoms with van der Waals surface area (Å²) in [7, 11) is 0. The second-order valence-corrected chi connectivity index (χ2v) is 5.25. The first kappa shape index (κ1) is 15.5. The van der Waals surface area contributed by atoms with E-state index in [9.17, 15) is 9.65 Å². The molecule has 3 nitrogen and oxygen atoms in total. The first-order valence-corrected chi connectivity index (χ1v) is 6.44. The standard InChI is InChI=1S/C15H21FN2O/c1-11(2)18-15(4,10-17)7-8-19-13-5-6-14(16)12(3)9-13/h5-6,9,11,18H,7-8H2,1-4H3. The number of nitriles is 1. The van der Waals surface area contributed by atoms with E-state index in [1.807, 2.05) is 20.8 Å². The van der Waals surface area contributed by atoms with Crippen molar-refractivity contribution in [3.63, 3.8) is 0 Å². The molecule has 19 heavy (non-hydrogen) atoms. The van der Waals surface area contributed by atoms with Crippen LogP contribution in [0.4, 0.5) is 4.39 Å². The number of ether oxygens (including phenoxy) is 1. The second kappa shape index (κ2) is 6.53. The zero-order chi connectivity index (χ0) is 14.5. The summed E-state index contributed by atoms with van der Waals surface area (Å²) in [6.07, 6.45) is 0.568. The summed E-state index contributed by atoms with van der Waals surface area (Å²) in [5.41, 5.74) is -0.0516. The third-order valence-electron chi connectivity index (χ3n) is 2.85. The lowest BCUT2D eigenvalue weighted by Gasteiger charge is -2.25. The van der Waals surface area contributed by atoms with Gasteiger partial charge in [-0.25, -0.2) is 4.39 Å². The van der Waals surface area contributed by atoms with Crippen molar-refractivity contribution in [3.05, 3.63) is 29.6 Å². The fourth-order valence-corrected chi connectivity index (χ4v) is 1.88. The van der Waals surface area contributed by atoms with E-state index < -0.39 is 5.54 Å². The van der Waals surface area contributed by atoms with Gasteiger partial charge >= 0.3 is 0 Å². The average molecular weight is 264 g/mol. The first-order chi connectivity index (χ1) is 8.86. The van der Waals surface area contributed by atoms with Gasteiger partial charge in [0.1, 0.15) is 17.1 Å². The predicted octanol–water partition coefficient (Wildman–Crippen LogP) is 3.18. The molecule has 0 radical (unpaired) electrons. The maximum absolute atomic E-state index is 13.1. The molecular formula is C15H21FN2O. The minimum atomic E-state index is -0.608. The Balaban J connectivity index is 2.53. The third-order valence-corrected chi connectivity index (χ3v) is 2.85. The van der Waals surface area contributed by atoms with Gasteiger partial charge in [-0.3, -0.25) is 5.32 Å². The molecule has 0 amide bonds. The Hall–Kier alpha value is -1.60. The van der Waals surface area contributed by atoms with E-state index in [1.54, 1.807) is 19.1 Å². The molecule has 0 spiro atoms. The molecule has 0 heterocycles. The van der Waals surface area contributed by atoms with Gasteiger partial charge in [-0.15, -0.1) is 0 Å². The number of halogens is 1. The highest BCUT2D eigenvalue weighted by molar-refractivity contribution is 5.28. The van der Waals surface area contributed by atoms with Gasteiger partial charge in [0.15, 0.2) is 0 Å². The topological polar surface area (TPSA) is 45.0 Å².